The molecule has 0 aromatic heterocycles. The summed E-state index contributed by atoms with van der Waals surface area (Å²) in [7, 11) is 1.81. The van der Waals surface area contributed by atoms with E-state index in [4.69, 9.17) is 4.74 Å². The van der Waals surface area contributed by atoms with Gasteiger partial charge >= 0.3 is 0 Å². The third kappa shape index (κ3) is 2.58. The van der Waals surface area contributed by atoms with E-state index in [2.05, 4.69) is 72.5 Å². The topological polar surface area (TPSA) is 12.5 Å². The van der Waals surface area contributed by atoms with Gasteiger partial charge < -0.3 is 4.74 Å². The van der Waals surface area contributed by atoms with Gasteiger partial charge in [0.2, 0.25) is 0 Å². The summed E-state index contributed by atoms with van der Waals surface area (Å²) in [5.41, 5.74) is 3.21. The number of nitrogens with zero attached hydrogens (tertiary/aromatic N) is 1. The molecule has 0 spiro atoms. The Bertz CT molecular complexity index is 671. The van der Waals surface area contributed by atoms with Crippen LogP contribution in [0.3, 0.4) is 0 Å². The third-order valence-corrected chi connectivity index (χ3v) is 6.36. The molecule has 1 saturated carbocycles. The van der Waals surface area contributed by atoms with Crippen molar-refractivity contribution in [2.24, 2.45) is 11.8 Å². The summed E-state index contributed by atoms with van der Waals surface area (Å²) in [5.74, 6) is 1.59. The van der Waals surface area contributed by atoms with Crippen LogP contribution in [0.15, 0.2) is 60.7 Å². The maximum absolute atomic E-state index is 5.35. The first-order chi connectivity index (χ1) is 11.7. The number of hydrogen-bond acceptors (Lipinski definition) is 2. The Morgan fingerprint density at radius 1 is 1.04 bits per heavy atom. The van der Waals surface area contributed by atoms with Crippen LogP contribution in [0.25, 0.3) is 0 Å². The van der Waals surface area contributed by atoms with Gasteiger partial charge in [0.1, 0.15) is 0 Å². The number of hydrogen-bond donors (Lipinski definition) is 0. The van der Waals surface area contributed by atoms with Crippen LogP contribution in [-0.4, -0.2) is 24.2 Å². The Morgan fingerprint density at radius 2 is 1.71 bits per heavy atom. The highest BCUT2D eigenvalue weighted by Crippen LogP contribution is 2.67. The molecular weight excluding hydrogens is 294 g/mol. The minimum Gasteiger partial charge on any atom is -0.385 e. The summed E-state index contributed by atoms with van der Waals surface area (Å²) >= 11 is 0. The number of benzene rings is 2. The van der Waals surface area contributed by atoms with E-state index >= 15 is 0 Å². The van der Waals surface area contributed by atoms with Crippen molar-refractivity contribution in [2.75, 3.05) is 13.7 Å². The van der Waals surface area contributed by atoms with E-state index in [-0.39, 0.29) is 0 Å². The van der Waals surface area contributed by atoms with Crippen LogP contribution < -0.4 is 0 Å². The van der Waals surface area contributed by atoms with Crippen LogP contribution in [0.2, 0.25) is 0 Å². The van der Waals surface area contributed by atoms with Crippen molar-refractivity contribution in [1.29, 1.82) is 0 Å². The summed E-state index contributed by atoms with van der Waals surface area (Å²) in [5, 5.41) is 0. The molecule has 4 atom stereocenters. The number of piperidine rings is 1. The maximum Gasteiger partial charge on any atom is 0.0465 e. The van der Waals surface area contributed by atoms with Crippen molar-refractivity contribution >= 4 is 0 Å². The van der Waals surface area contributed by atoms with Gasteiger partial charge in [0.25, 0.3) is 0 Å². The lowest BCUT2D eigenvalue weighted by Gasteiger charge is -2.34. The highest BCUT2D eigenvalue weighted by molar-refractivity contribution is 5.30. The van der Waals surface area contributed by atoms with E-state index in [0.717, 1.165) is 25.0 Å². The monoisotopic (exact) mass is 321 g/mol. The number of ether oxygens (including phenoxy) is 1. The smallest absolute Gasteiger partial charge is 0.0465 e. The van der Waals surface area contributed by atoms with Crippen molar-refractivity contribution in [3.8, 4) is 0 Å². The second-order valence-corrected chi connectivity index (χ2v) is 7.50. The van der Waals surface area contributed by atoms with Crippen LogP contribution in [0.1, 0.15) is 36.9 Å². The zero-order valence-electron chi connectivity index (χ0n) is 14.7. The molecule has 0 N–H and O–H groups in total. The first kappa shape index (κ1) is 15.9. The van der Waals surface area contributed by atoms with E-state index < -0.39 is 0 Å². The van der Waals surface area contributed by atoms with Crippen molar-refractivity contribution < 1.29 is 4.74 Å². The molecule has 2 aromatic carbocycles. The molecule has 2 nitrogen and oxygen atoms in total. The van der Waals surface area contributed by atoms with Gasteiger partial charge in [-0.05, 0) is 42.7 Å². The van der Waals surface area contributed by atoms with Crippen molar-refractivity contribution in [3.05, 3.63) is 71.8 Å². The molecule has 4 rings (SSSR count). The van der Waals surface area contributed by atoms with Crippen molar-refractivity contribution in [2.45, 2.75) is 37.9 Å². The molecule has 0 bridgehead atoms. The number of fused-ring (bicyclic) bond motifs is 1. The number of rotatable bonds is 6. The summed E-state index contributed by atoms with van der Waals surface area (Å²) < 4.78 is 5.35. The highest BCUT2D eigenvalue weighted by atomic mass is 16.5. The highest BCUT2D eigenvalue weighted by Gasteiger charge is 2.69. The SMILES string of the molecule is COCCC1[C@@H]2CC(c3ccccc3)N(Cc3ccccc3)[C@]12C. The van der Waals surface area contributed by atoms with Crippen molar-refractivity contribution in [1.82, 2.24) is 4.90 Å². The van der Waals surface area contributed by atoms with E-state index in [0.29, 0.717) is 11.6 Å². The fourth-order valence-corrected chi connectivity index (χ4v) is 5.00. The molecule has 1 aliphatic carbocycles. The Hall–Kier alpha value is -1.64. The van der Waals surface area contributed by atoms with Crippen LogP contribution in [-0.2, 0) is 11.3 Å². The van der Waals surface area contributed by atoms with Gasteiger partial charge in [-0.1, -0.05) is 60.7 Å². The minimum atomic E-state index is 0.328. The third-order valence-electron chi connectivity index (χ3n) is 6.36. The zero-order valence-corrected chi connectivity index (χ0v) is 14.7. The number of likely N-dealkylation sites (tertiary alicyclic amines) is 1. The molecule has 24 heavy (non-hydrogen) atoms. The second-order valence-electron chi connectivity index (χ2n) is 7.50. The average molecular weight is 321 g/mol. The normalized spacial score (nSPS) is 31.8. The molecule has 0 amide bonds. The Labute approximate surface area is 145 Å². The fourth-order valence-electron chi connectivity index (χ4n) is 5.00. The van der Waals surface area contributed by atoms with Gasteiger partial charge in [-0.3, -0.25) is 4.90 Å². The van der Waals surface area contributed by atoms with Gasteiger partial charge in [-0.2, -0.15) is 0 Å². The molecule has 2 unspecified atom stereocenters. The molecular formula is C22H27NO. The number of methoxy groups -OCH3 is 1. The molecule has 126 valence electrons. The lowest BCUT2D eigenvalue weighted by atomic mass is 9.98. The molecule has 2 aliphatic rings. The van der Waals surface area contributed by atoms with Crippen molar-refractivity contribution in [3.63, 3.8) is 0 Å². The molecule has 1 saturated heterocycles. The zero-order chi connectivity index (χ0) is 16.6. The van der Waals surface area contributed by atoms with Crippen LogP contribution in [0.4, 0.5) is 0 Å². The van der Waals surface area contributed by atoms with Crippen LogP contribution in [0.5, 0.6) is 0 Å². The van der Waals surface area contributed by atoms with E-state index in [1.807, 2.05) is 7.11 Å². The molecule has 1 aliphatic heterocycles. The second kappa shape index (κ2) is 6.34. The van der Waals surface area contributed by atoms with Gasteiger partial charge in [0, 0.05) is 31.8 Å². The molecule has 2 aromatic rings. The Morgan fingerprint density at radius 3 is 2.38 bits per heavy atom. The Kier molecular flexibility index (Phi) is 4.19. The summed E-state index contributed by atoms with van der Waals surface area (Å²) in [6.45, 7) is 4.40. The predicted molar refractivity (Wildman–Crippen MR) is 97.7 cm³/mol. The fraction of sp³-hybridized carbons (Fsp3) is 0.455. The van der Waals surface area contributed by atoms with Gasteiger partial charge in [-0.25, -0.2) is 0 Å². The lowest BCUT2D eigenvalue weighted by Crippen LogP contribution is -2.36. The standard InChI is InChI=1S/C22H27NO/c1-22-19(13-14-24-2)20(22)15-21(18-11-7-4-8-12-18)23(22)16-17-9-5-3-6-10-17/h3-12,19-21H,13-16H2,1-2H3/t19?,20-,21?,22+/m0/s1. The van der Waals surface area contributed by atoms with Crippen LogP contribution >= 0.6 is 0 Å². The summed E-state index contributed by atoms with van der Waals surface area (Å²) in [6, 6.07) is 22.5. The maximum atomic E-state index is 5.35. The first-order valence-electron chi connectivity index (χ1n) is 9.09. The van der Waals surface area contributed by atoms with Crippen LogP contribution in [0, 0.1) is 11.8 Å². The average Bonchev–Trinajstić information content (AvgIpc) is 3.08. The molecule has 2 heteroatoms. The first-order valence-corrected chi connectivity index (χ1v) is 9.09. The molecule has 1 heterocycles. The van der Waals surface area contributed by atoms with E-state index in [9.17, 15) is 0 Å². The van der Waals surface area contributed by atoms with Gasteiger partial charge in [0.15, 0.2) is 0 Å². The molecule has 2 fully saturated rings. The lowest BCUT2D eigenvalue weighted by molar-refractivity contribution is 0.118. The quantitative estimate of drug-likeness (QED) is 0.766. The minimum absolute atomic E-state index is 0.328. The van der Waals surface area contributed by atoms with E-state index in [1.54, 1.807) is 0 Å². The summed E-state index contributed by atoms with van der Waals surface area (Å²) in [6.07, 6.45) is 2.46. The predicted octanol–water partition coefficient (Wildman–Crippen LogP) is 4.67. The summed E-state index contributed by atoms with van der Waals surface area (Å²) in [4.78, 5) is 2.77. The Balaban J connectivity index is 1.60. The van der Waals surface area contributed by atoms with Gasteiger partial charge in [0.05, 0.1) is 0 Å². The van der Waals surface area contributed by atoms with E-state index in [1.165, 1.54) is 24.0 Å². The molecule has 0 radical (unpaired) electrons. The van der Waals surface area contributed by atoms with Gasteiger partial charge in [-0.15, -0.1) is 0 Å². The largest absolute Gasteiger partial charge is 0.385 e.